The van der Waals surface area contributed by atoms with Gasteiger partial charge in [-0.25, -0.2) is 4.39 Å². The van der Waals surface area contributed by atoms with Crippen molar-refractivity contribution in [1.82, 2.24) is 0 Å². The van der Waals surface area contributed by atoms with E-state index >= 15 is 0 Å². The van der Waals surface area contributed by atoms with Crippen LogP contribution >= 0.6 is 11.6 Å². The molecule has 0 aliphatic carbocycles. The molecule has 5 heteroatoms. The van der Waals surface area contributed by atoms with Gasteiger partial charge in [-0.05, 0) is 24.1 Å². The van der Waals surface area contributed by atoms with E-state index < -0.39 is 6.10 Å². The number of aliphatic hydroxyl groups excluding tert-OH is 1. The van der Waals surface area contributed by atoms with Crippen LogP contribution in [0.1, 0.15) is 12.0 Å². The average Bonchev–Trinajstić information content (AvgIpc) is 2.32. The van der Waals surface area contributed by atoms with Crippen LogP contribution in [0.5, 0.6) is 0 Å². The first-order chi connectivity index (χ1) is 8.63. The van der Waals surface area contributed by atoms with Crippen LogP contribution in [0.15, 0.2) is 18.2 Å². The van der Waals surface area contributed by atoms with Gasteiger partial charge < -0.3 is 14.6 Å². The van der Waals surface area contributed by atoms with E-state index in [2.05, 4.69) is 0 Å². The van der Waals surface area contributed by atoms with Crippen LogP contribution in [0.4, 0.5) is 4.39 Å². The fourth-order valence-corrected chi connectivity index (χ4v) is 1.67. The molecule has 0 aliphatic heterocycles. The van der Waals surface area contributed by atoms with Gasteiger partial charge >= 0.3 is 0 Å². The summed E-state index contributed by atoms with van der Waals surface area (Å²) in [7, 11) is 1.60. The fraction of sp³-hybridized carbons (Fsp3) is 0.538. The number of aliphatic hydroxyl groups is 1. The van der Waals surface area contributed by atoms with E-state index in [1.807, 2.05) is 0 Å². The lowest BCUT2D eigenvalue weighted by atomic mass is 10.1. The highest BCUT2D eigenvalue weighted by Gasteiger charge is 2.09. The lowest BCUT2D eigenvalue weighted by molar-refractivity contribution is 0.0477. The Morgan fingerprint density at radius 2 is 2.11 bits per heavy atom. The predicted molar refractivity (Wildman–Crippen MR) is 68.4 cm³/mol. The van der Waals surface area contributed by atoms with Crippen LogP contribution in [-0.2, 0) is 15.9 Å². The molecule has 1 atom stereocenters. The van der Waals surface area contributed by atoms with Gasteiger partial charge in [-0.2, -0.15) is 0 Å². The highest BCUT2D eigenvalue weighted by atomic mass is 35.5. The molecule has 18 heavy (non-hydrogen) atoms. The predicted octanol–water partition coefficient (Wildman–Crippen LogP) is 2.44. The summed E-state index contributed by atoms with van der Waals surface area (Å²) < 4.78 is 23.5. The van der Waals surface area contributed by atoms with Gasteiger partial charge in [0, 0.05) is 25.2 Å². The molecule has 0 bridgehead atoms. The number of methoxy groups -OCH3 is 1. The molecule has 0 amide bonds. The maximum absolute atomic E-state index is 13.5. The summed E-state index contributed by atoms with van der Waals surface area (Å²) in [6.45, 7) is 1.46. The smallest absolute Gasteiger partial charge is 0.127 e. The Balaban J connectivity index is 2.28. The molecule has 1 N–H and O–H groups in total. The molecule has 1 rings (SSSR count). The van der Waals surface area contributed by atoms with Crippen molar-refractivity contribution in [3.63, 3.8) is 0 Å². The topological polar surface area (TPSA) is 38.7 Å². The van der Waals surface area contributed by atoms with Crippen LogP contribution in [0.2, 0.25) is 5.02 Å². The Labute approximate surface area is 111 Å². The highest BCUT2D eigenvalue weighted by Crippen LogP contribution is 2.16. The second kappa shape index (κ2) is 8.43. The Hall–Kier alpha value is -0.680. The van der Waals surface area contributed by atoms with Gasteiger partial charge in [-0.15, -0.1) is 0 Å². The average molecular weight is 277 g/mol. The largest absolute Gasteiger partial charge is 0.393 e. The molecule has 0 saturated carbocycles. The van der Waals surface area contributed by atoms with E-state index in [9.17, 15) is 9.50 Å². The van der Waals surface area contributed by atoms with Crippen molar-refractivity contribution in [3.05, 3.63) is 34.6 Å². The van der Waals surface area contributed by atoms with Crippen molar-refractivity contribution >= 4 is 11.6 Å². The minimum absolute atomic E-state index is 0.261. The van der Waals surface area contributed by atoms with Gasteiger partial charge in [-0.3, -0.25) is 0 Å². The van der Waals surface area contributed by atoms with E-state index in [0.29, 0.717) is 36.8 Å². The molecular weight excluding hydrogens is 259 g/mol. The summed E-state index contributed by atoms with van der Waals surface area (Å²) >= 11 is 5.65. The summed E-state index contributed by atoms with van der Waals surface area (Å²) in [5.41, 5.74) is 0.462. The summed E-state index contributed by atoms with van der Waals surface area (Å²) in [5.74, 6) is -0.387. The van der Waals surface area contributed by atoms with Crippen LogP contribution in [0, 0.1) is 5.82 Å². The molecule has 0 aliphatic rings. The Kier molecular flexibility index (Phi) is 7.20. The summed E-state index contributed by atoms with van der Waals surface area (Å²) in [6.07, 6.45) is 0.103. The maximum Gasteiger partial charge on any atom is 0.127 e. The van der Waals surface area contributed by atoms with Crippen molar-refractivity contribution < 1.29 is 19.0 Å². The van der Waals surface area contributed by atoms with Crippen molar-refractivity contribution in [2.75, 3.05) is 26.9 Å². The third-order valence-electron chi connectivity index (χ3n) is 2.50. The quantitative estimate of drug-likeness (QED) is 0.741. The standard InChI is InChI=1S/C13H18ClFO3/c1-17-6-7-18-5-4-12(16)8-10-2-3-11(14)9-13(10)15/h2-3,9,12,16H,4-8H2,1H3. The second-order valence-corrected chi connectivity index (χ2v) is 4.42. The lowest BCUT2D eigenvalue weighted by Crippen LogP contribution is -2.15. The third-order valence-corrected chi connectivity index (χ3v) is 2.73. The summed E-state index contributed by atoms with van der Waals surface area (Å²) in [6, 6.07) is 4.45. The third kappa shape index (κ3) is 5.78. The normalized spacial score (nSPS) is 12.7. The Bertz CT molecular complexity index is 360. The number of ether oxygens (including phenoxy) is 2. The molecule has 0 radical (unpaired) electrons. The Morgan fingerprint density at radius 3 is 2.78 bits per heavy atom. The second-order valence-electron chi connectivity index (χ2n) is 3.99. The molecule has 0 aromatic heterocycles. The van der Waals surface area contributed by atoms with Crippen molar-refractivity contribution in [2.24, 2.45) is 0 Å². The summed E-state index contributed by atoms with van der Waals surface area (Å²) in [4.78, 5) is 0. The molecule has 0 spiro atoms. The van der Waals surface area contributed by atoms with Crippen LogP contribution < -0.4 is 0 Å². The van der Waals surface area contributed by atoms with E-state index in [-0.39, 0.29) is 12.2 Å². The van der Waals surface area contributed by atoms with E-state index in [1.54, 1.807) is 19.2 Å². The number of benzene rings is 1. The number of rotatable bonds is 8. The minimum atomic E-state index is -0.622. The first kappa shape index (κ1) is 15.4. The van der Waals surface area contributed by atoms with Gasteiger partial charge in [0.05, 0.1) is 19.3 Å². The zero-order valence-corrected chi connectivity index (χ0v) is 11.1. The molecule has 3 nitrogen and oxygen atoms in total. The number of hydrogen-bond acceptors (Lipinski definition) is 3. The van der Waals surface area contributed by atoms with Crippen LogP contribution in [0.25, 0.3) is 0 Å². The first-order valence-electron chi connectivity index (χ1n) is 5.82. The minimum Gasteiger partial charge on any atom is -0.393 e. The molecule has 102 valence electrons. The van der Waals surface area contributed by atoms with E-state index in [0.717, 1.165) is 0 Å². The molecular formula is C13H18ClFO3. The maximum atomic E-state index is 13.5. The van der Waals surface area contributed by atoms with Crippen LogP contribution in [-0.4, -0.2) is 38.1 Å². The summed E-state index contributed by atoms with van der Waals surface area (Å²) in [5, 5.41) is 10.1. The van der Waals surface area contributed by atoms with Gasteiger partial charge in [-0.1, -0.05) is 17.7 Å². The van der Waals surface area contributed by atoms with Gasteiger partial charge in [0.1, 0.15) is 5.82 Å². The fourth-order valence-electron chi connectivity index (χ4n) is 1.51. The lowest BCUT2D eigenvalue weighted by Gasteiger charge is -2.11. The monoisotopic (exact) mass is 276 g/mol. The Morgan fingerprint density at radius 1 is 1.33 bits per heavy atom. The van der Waals surface area contributed by atoms with E-state index in [4.69, 9.17) is 21.1 Å². The molecule has 1 aromatic rings. The molecule has 0 heterocycles. The SMILES string of the molecule is COCCOCCC(O)Cc1ccc(Cl)cc1F. The van der Waals surface area contributed by atoms with Crippen LogP contribution in [0.3, 0.4) is 0 Å². The number of halogens is 2. The van der Waals surface area contributed by atoms with Crippen molar-refractivity contribution in [1.29, 1.82) is 0 Å². The molecule has 0 fully saturated rings. The molecule has 1 unspecified atom stereocenters. The van der Waals surface area contributed by atoms with Gasteiger partial charge in [0.15, 0.2) is 0 Å². The first-order valence-corrected chi connectivity index (χ1v) is 6.20. The van der Waals surface area contributed by atoms with Crippen molar-refractivity contribution in [2.45, 2.75) is 18.9 Å². The van der Waals surface area contributed by atoms with Crippen molar-refractivity contribution in [3.8, 4) is 0 Å². The zero-order chi connectivity index (χ0) is 13.4. The van der Waals surface area contributed by atoms with Gasteiger partial charge in [0.25, 0.3) is 0 Å². The highest BCUT2D eigenvalue weighted by molar-refractivity contribution is 6.30. The molecule has 1 aromatic carbocycles. The zero-order valence-electron chi connectivity index (χ0n) is 10.4. The van der Waals surface area contributed by atoms with Gasteiger partial charge in [0.2, 0.25) is 0 Å². The number of hydrogen-bond donors (Lipinski definition) is 1. The molecule has 0 saturated heterocycles. The van der Waals surface area contributed by atoms with E-state index in [1.165, 1.54) is 6.07 Å².